The fourth-order valence-corrected chi connectivity index (χ4v) is 5.08. The fourth-order valence-electron chi connectivity index (χ4n) is 5.08. The Labute approximate surface area is 206 Å². The van der Waals surface area contributed by atoms with Crippen molar-refractivity contribution < 1.29 is 33.0 Å². The molecule has 1 aromatic heterocycles. The lowest BCUT2D eigenvalue weighted by molar-refractivity contribution is -0.192. The number of piperidine rings is 1. The highest BCUT2D eigenvalue weighted by Crippen LogP contribution is 2.56. The molecule has 36 heavy (non-hydrogen) atoms. The van der Waals surface area contributed by atoms with E-state index in [0.717, 1.165) is 55.8 Å². The Morgan fingerprint density at radius 3 is 2.28 bits per heavy atom. The maximum Gasteiger partial charge on any atom is 0.490 e. The second-order valence-corrected chi connectivity index (χ2v) is 9.70. The summed E-state index contributed by atoms with van der Waals surface area (Å²) >= 11 is 0. The van der Waals surface area contributed by atoms with Gasteiger partial charge in [-0.2, -0.15) is 13.2 Å². The summed E-state index contributed by atoms with van der Waals surface area (Å²) < 4.78 is 31.7. The van der Waals surface area contributed by atoms with E-state index in [0.29, 0.717) is 11.0 Å². The van der Waals surface area contributed by atoms with Crippen molar-refractivity contribution in [1.29, 1.82) is 0 Å². The topological polar surface area (TPSA) is 138 Å². The van der Waals surface area contributed by atoms with E-state index in [4.69, 9.17) is 15.6 Å². The summed E-state index contributed by atoms with van der Waals surface area (Å²) in [5, 5.41) is 23.3. The van der Waals surface area contributed by atoms with Gasteiger partial charge in [0.05, 0.1) is 11.7 Å². The van der Waals surface area contributed by atoms with Crippen LogP contribution in [0, 0.1) is 5.92 Å². The summed E-state index contributed by atoms with van der Waals surface area (Å²) in [6, 6.07) is 10.6. The maximum atomic E-state index is 12.8. The third-order valence-corrected chi connectivity index (χ3v) is 7.29. The molecular weight excluding hydrogens is 477 g/mol. The number of carbonyl (C=O) groups is 2. The Kier molecular flexibility index (Phi) is 7.24. The zero-order valence-electron chi connectivity index (χ0n) is 19.5. The van der Waals surface area contributed by atoms with Gasteiger partial charge in [0.2, 0.25) is 0 Å². The molecule has 8 nitrogen and oxygen atoms in total. The van der Waals surface area contributed by atoms with Crippen molar-refractivity contribution in [3.05, 3.63) is 47.7 Å². The lowest BCUT2D eigenvalue weighted by Gasteiger charge is -2.26. The van der Waals surface area contributed by atoms with E-state index in [1.807, 2.05) is 6.07 Å². The molecule has 3 aliphatic rings. The number of nitrogen functional groups attached to an aromatic ring is 1. The Balaban J connectivity index is 0.000000384. The quantitative estimate of drug-likeness (QED) is 0.430. The van der Waals surface area contributed by atoms with E-state index in [2.05, 4.69) is 39.9 Å². The standard InChI is InChI=1S/C23H28N4O2.C2HF3O2/c24-21-20(22(29)27-18-5-7-19(28)8-6-18)9-15(11-26-21)14-1-3-16(4-2-14)23-10-17(23)12-25-13-23;3-2(4,5)1(6)7/h1-4,9,11,17-19,25,28H,5-8,10,12-13H2,(H2,24,26)(H,27,29);(H,6,7)/t17-,18?,19?,23+;/m1./s1. The first-order valence-corrected chi connectivity index (χ1v) is 11.9. The lowest BCUT2D eigenvalue weighted by atomic mass is 9.92. The second kappa shape index (κ2) is 10.1. The minimum absolute atomic E-state index is 0.0824. The number of alkyl halides is 3. The average molecular weight is 507 g/mol. The minimum atomic E-state index is -5.08. The fraction of sp³-hybridized carbons (Fsp3) is 0.480. The molecule has 0 bridgehead atoms. The Morgan fingerprint density at radius 1 is 1.11 bits per heavy atom. The van der Waals surface area contributed by atoms with Crippen LogP contribution in [0.2, 0.25) is 0 Å². The first kappa shape index (κ1) is 25.9. The normalized spacial score (nSPS) is 26.8. The number of pyridine rings is 1. The van der Waals surface area contributed by atoms with Crippen LogP contribution in [0.25, 0.3) is 11.1 Å². The van der Waals surface area contributed by atoms with Gasteiger partial charge in [-0.1, -0.05) is 24.3 Å². The van der Waals surface area contributed by atoms with Gasteiger partial charge in [-0.3, -0.25) is 4.79 Å². The van der Waals surface area contributed by atoms with Crippen molar-refractivity contribution >= 4 is 17.7 Å². The van der Waals surface area contributed by atoms with Gasteiger partial charge in [0.1, 0.15) is 5.82 Å². The van der Waals surface area contributed by atoms with Crippen LogP contribution in [0.5, 0.6) is 0 Å². The number of anilines is 1. The first-order chi connectivity index (χ1) is 17.0. The molecule has 0 unspecified atom stereocenters. The number of amides is 1. The molecule has 1 amide bonds. The maximum absolute atomic E-state index is 12.8. The van der Waals surface area contributed by atoms with Gasteiger partial charge >= 0.3 is 12.1 Å². The van der Waals surface area contributed by atoms with Crippen LogP contribution in [-0.4, -0.2) is 58.5 Å². The van der Waals surface area contributed by atoms with Crippen molar-refractivity contribution in [1.82, 2.24) is 15.6 Å². The molecule has 5 rings (SSSR count). The molecule has 0 spiro atoms. The molecule has 0 radical (unpaired) electrons. The number of halogens is 3. The molecule has 1 aliphatic heterocycles. The predicted molar refractivity (Wildman–Crippen MR) is 126 cm³/mol. The van der Waals surface area contributed by atoms with Crippen molar-refractivity contribution in [3.8, 4) is 11.1 Å². The van der Waals surface area contributed by atoms with Gasteiger partial charge in [-0.25, -0.2) is 9.78 Å². The van der Waals surface area contributed by atoms with Crippen molar-refractivity contribution in [2.24, 2.45) is 5.92 Å². The molecule has 3 fully saturated rings. The van der Waals surface area contributed by atoms with Crippen LogP contribution in [0.1, 0.15) is 48.0 Å². The molecule has 11 heteroatoms. The van der Waals surface area contributed by atoms with Crippen LogP contribution in [0.15, 0.2) is 36.5 Å². The van der Waals surface area contributed by atoms with Gasteiger partial charge in [0.15, 0.2) is 0 Å². The van der Waals surface area contributed by atoms with Crippen molar-refractivity contribution in [2.75, 3.05) is 18.8 Å². The van der Waals surface area contributed by atoms with E-state index in [9.17, 15) is 23.1 Å². The van der Waals surface area contributed by atoms with Crippen LogP contribution in [0.3, 0.4) is 0 Å². The predicted octanol–water partition coefficient (Wildman–Crippen LogP) is 2.86. The van der Waals surface area contributed by atoms with E-state index in [1.54, 1.807) is 6.20 Å². The van der Waals surface area contributed by atoms with Crippen LogP contribution in [-0.2, 0) is 10.2 Å². The number of nitrogens with zero attached hydrogens (tertiary/aromatic N) is 1. The van der Waals surface area contributed by atoms with Crippen LogP contribution in [0.4, 0.5) is 19.0 Å². The zero-order valence-corrected chi connectivity index (χ0v) is 19.5. The molecule has 2 saturated carbocycles. The molecule has 6 N–H and O–H groups in total. The number of carbonyl (C=O) groups excluding carboxylic acids is 1. The number of aliphatic hydroxyl groups is 1. The summed E-state index contributed by atoms with van der Waals surface area (Å²) in [5.41, 5.74) is 10.1. The number of fused-ring (bicyclic) bond motifs is 1. The van der Waals surface area contributed by atoms with Crippen LogP contribution < -0.4 is 16.4 Å². The number of nitrogens with two attached hydrogens (primary N) is 1. The number of carboxylic acid groups (broad SMARTS) is 1. The smallest absolute Gasteiger partial charge is 0.475 e. The zero-order chi connectivity index (χ0) is 26.1. The van der Waals surface area contributed by atoms with Gasteiger partial charge in [-0.15, -0.1) is 0 Å². The molecule has 2 aliphatic carbocycles. The number of aliphatic carboxylic acids is 1. The summed E-state index contributed by atoms with van der Waals surface area (Å²) in [5.74, 6) is -1.92. The number of nitrogens with one attached hydrogen (secondary N) is 2. The number of aliphatic hydroxyl groups excluding tert-OH is 1. The Morgan fingerprint density at radius 2 is 1.75 bits per heavy atom. The summed E-state index contributed by atoms with van der Waals surface area (Å²) in [7, 11) is 0. The van der Waals surface area contributed by atoms with Crippen molar-refractivity contribution in [2.45, 2.75) is 55.8 Å². The molecule has 2 aromatic rings. The van der Waals surface area contributed by atoms with Gasteiger partial charge in [0.25, 0.3) is 5.91 Å². The Hall–Kier alpha value is -3.18. The highest BCUT2D eigenvalue weighted by molar-refractivity contribution is 5.99. The molecule has 2 atom stereocenters. The summed E-state index contributed by atoms with van der Waals surface area (Å²) in [6.45, 7) is 2.20. The molecule has 1 aromatic carbocycles. The van der Waals surface area contributed by atoms with E-state index < -0.39 is 12.1 Å². The molecule has 194 valence electrons. The van der Waals surface area contributed by atoms with E-state index in [-0.39, 0.29) is 23.9 Å². The SMILES string of the molecule is Nc1ncc(-c2ccc([C@]34CNC[C@H]3C4)cc2)cc1C(=O)NC1CCC(O)CC1.O=C(O)C(F)(F)F. The number of aromatic nitrogens is 1. The largest absolute Gasteiger partial charge is 0.490 e. The minimum Gasteiger partial charge on any atom is -0.475 e. The van der Waals surface area contributed by atoms with Crippen LogP contribution >= 0.6 is 0 Å². The second-order valence-electron chi connectivity index (χ2n) is 9.70. The highest BCUT2D eigenvalue weighted by Gasteiger charge is 2.57. The van der Waals surface area contributed by atoms with Crippen molar-refractivity contribution in [3.63, 3.8) is 0 Å². The number of carboxylic acids is 1. The third kappa shape index (κ3) is 5.62. The first-order valence-electron chi connectivity index (χ1n) is 11.9. The number of benzene rings is 1. The third-order valence-electron chi connectivity index (χ3n) is 7.29. The number of rotatable bonds is 4. The summed E-state index contributed by atoms with van der Waals surface area (Å²) in [4.78, 5) is 25.9. The molecule has 1 saturated heterocycles. The lowest BCUT2D eigenvalue weighted by Crippen LogP contribution is -2.38. The van der Waals surface area contributed by atoms with Gasteiger partial charge < -0.3 is 26.6 Å². The van der Waals surface area contributed by atoms with Gasteiger partial charge in [0, 0.05) is 29.8 Å². The van der Waals surface area contributed by atoms with E-state index >= 15 is 0 Å². The van der Waals surface area contributed by atoms with Gasteiger partial charge in [-0.05, 0) is 61.8 Å². The Bertz CT molecular complexity index is 1120. The highest BCUT2D eigenvalue weighted by atomic mass is 19.4. The van der Waals surface area contributed by atoms with E-state index in [1.165, 1.54) is 12.0 Å². The molecular formula is C25H29F3N4O4. The monoisotopic (exact) mass is 506 g/mol. The average Bonchev–Trinajstić information content (AvgIpc) is 3.40. The number of hydrogen-bond donors (Lipinski definition) is 5. The molecule has 2 heterocycles. The summed E-state index contributed by atoms with van der Waals surface area (Å²) in [6.07, 6.45) is 0.717. The number of hydrogen-bond acceptors (Lipinski definition) is 6.